The van der Waals surface area contributed by atoms with Crippen LogP contribution in [0.1, 0.15) is 38.3 Å². The average Bonchev–Trinajstić information content (AvgIpc) is 3.21. The molecule has 0 saturated heterocycles. The summed E-state index contributed by atoms with van der Waals surface area (Å²) in [4.78, 5) is 2.50. The summed E-state index contributed by atoms with van der Waals surface area (Å²) in [6.45, 7) is 7.26. The minimum atomic E-state index is -0.141. The first-order chi connectivity index (χ1) is 9.11. The van der Waals surface area contributed by atoms with Crippen LogP contribution in [-0.2, 0) is 0 Å². The number of likely N-dealkylation sites (N-methyl/N-ethyl adjacent to an activating group) is 1. The summed E-state index contributed by atoms with van der Waals surface area (Å²) in [6, 6.07) is 5.93. The van der Waals surface area contributed by atoms with Crippen LogP contribution < -0.4 is 5.32 Å². The number of hydrogen-bond donors (Lipinski definition) is 1. The van der Waals surface area contributed by atoms with Gasteiger partial charge in [-0.05, 0) is 44.5 Å². The van der Waals surface area contributed by atoms with Crippen LogP contribution in [0.25, 0.3) is 0 Å². The summed E-state index contributed by atoms with van der Waals surface area (Å²) < 4.78 is 14.7. The first kappa shape index (κ1) is 14.9. The highest BCUT2D eigenvalue weighted by molar-refractivity contribution is 9.10. The number of benzene rings is 1. The first-order valence-corrected chi connectivity index (χ1v) is 7.83. The van der Waals surface area contributed by atoms with E-state index in [-0.39, 0.29) is 11.9 Å². The molecule has 1 aromatic rings. The second-order valence-corrected chi connectivity index (χ2v) is 6.12. The van der Waals surface area contributed by atoms with Gasteiger partial charge in [-0.1, -0.05) is 22.9 Å². The molecule has 1 atom stereocenters. The Hall–Kier alpha value is -0.450. The Morgan fingerprint density at radius 1 is 1.47 bits per heavy atom. The van der Waals surface area contributed by atoms with Crippen molar-refractivity contribution >= 4 is 15.9 Å². The number of nitrogens with zero attached hydrogens (tertiary/aromatic N) is 1. The Labute approximate surface area is 123 Å². The van der Waals surface area contributed by atoms with Gasteiger partial charge in [0.15, 0.2) is 0 Å². The third-order valence-electron chi connectivity index (χ3n) is 3.74. The van der Waals surface area contributed by atoms with Crippen LogP contribution in [0.5, 0.6) is 0 Å². The maximum absolute atomic E-state index is 13.7. The zero-order valence-electron chi connectivity index (χ0n) is 11.6. The summed E-state index contributed by atoms with van der Waals surface area (Å²) in [5.41, 5.74) is 0.726. The molecule has 1 fully saturated rings. The molecule has 4 heteroatoms. The van der Waals surface area contributed by atoms with Gasteiger partial charge in [0.05, 0.1) is 0 Å². The van der Waals surface area contributed by atoms with Crippen molar-refractivity contribution in [3.05, 3.63) is 34.1 Å². The van der Waals surface area contributed by atoms with E-state index in [2.05, 4.69) is 33.1 Å². The first-order valence-electron chi connectivity index (χ1n) is 7.04. The van der Waals surface area contributed by atoms with Gasteiger partial charge in [-0.15, -0.1) is 0 Å². The fourth-order valence-corrected chi connectivity index (χ4v) is 2.80. The van der Waals surface area contributed by atoms with E-state index in [1.807, 2.05) is 13.0 Å². The van der Waals surface area contributed by atoms with Crippen LogP contribution in [0.2, 0.25) is 0 Å². The van der Waals surface area contributed by atoms with Crippen molar-refractivity contribution in [1.29, 1.82) is 0 Å². The predicted octanol–water partition coefficient (Wildman–Crippen LogP) is 3.72. The number of halogens is 2. The van der Waals surface area contributed by atoms with Gasteiger partial charge < -0.3 is 5.32 Å². The summed E-state index contributed by atoms with van der Waals surface area (Å²) in [6.07, 6.45) is 2.67. The third kappa shape index (κ3) is 4.26. The molecule has 0 heterocycles. The Bertz CT molecular complexity index is 421. The number of rotatable bonds is 7. The standard InChI is InChI=1S/C15H22BrFN2/c1-3-19(13-5-6-13)9-8-18-11(2)14-10-12(16)4-7-15(14)17/h4,7,10-11,13,18H,3,5-6,8-9H2,1-2H3. The van der Waals surface area contributed by atoms with Gasteiger partial charge in [-0.2, -0.15) is 0 Å². The molecule has 1 saturated carbocycles. The highest BCUT2D eigenvalue weighted by Crippen LogP contribution is 2.26. The Morgan fingerprint density at radius 3 is 2.84 bits per heavy atom. The quantitative estimate of drug-likeness (QED) is 0.820. The molecule has 2 nitrogen and oxygen atoms in total. The van der Waals surface area contributed by atoms with Crippen molar-refractivity contribution in [2.45, 2.75) is 38.8 Å². The van der Waals surface area contributed by atoms with Gasteiger partial charge in [0.1, 0.15) is 5.82 Å². The van der Waals surface area contributed by atoms with E-state index < -0.39 is 0 Å². The molecule has 0 bridgehead atoms. The molecule has 19 heavy (non-hydrogen) atoms. The van der Waals surface area contributed by atoms with Crippen molar-refractivity contribution in [3.8, 4) is 0 Å². The topological polar surface area (TPSA) is 15.3 Å². The van der Waals surface area contributed by atoms with Crippen LogP contribution in [-0.4, -0.2) is 30.6 Å². The molecule has 106 valence electrons. The van der Waals surface area contributed by atoms with Crippen molar-refractivity contribution in [2.75, 3.05) is 19.6 Å². The third-order valence-corrected chi connectivity index (χ3v) is 4.24. The Balaban J connectivity index is 1.83. The minimum Gasteiger partial charge on any atom is -0.309 e. The lowest BCUT2D eigenvalue weighted by atomic mass is 10.1. The van der Waals surface area contributed by atoms with E-state index in [1.165, 1.54) is 18.9 Å². The zero-order chi connectivity index (χ0) is 13.8. The van der Waals surface area contributed by atoms with E-state index in [9.17, 15) is 4.39 Å². The highest BCUT2D eigenvalue weighted by Gasteiger charge is 2.27. The molecule has 0 aliphatic heterocycles. The van der Waals surface area contributed by atoms with Crippen molar-refractivity contribution in [3.63, 3.8) is 0 Å². The molecule has 0 spiro atoms. The molecule has 1 unspecified atom stereocenters. The summed E-state index contributed by atoms with van der Waals surface area (Å²) in [5.74, 6) is -0.141. The van der Waals surface area contributed by atoms with Crippen LogP contribution in [0.3, 0.4) is 0 Å². The zero-order valence-corrected chi connectivity index (χ0v) is 13.2. The molecule has 1 N–H and O–H groups in total. The molecule has 0 radical (unpaired) electrons. The van der Waals surface area contributed by atoms with Gasteiger partial charge in [0, 0.05) is 35.2 Å². The lowest BCUT2D eigenvalue weighted by Gasteiger charge is -2.22. The number of nitrogens with one attached hydrogen (secondary N) is 1. The largest absolute Gasteiger partial charge is 0.309 e. The molecule has 1 aliphatic carbocycles. The molecule has 1 aromatic carbocycles. The summed E-state index contributed by atoms with van der Waals surface area (Å²) in [5, 5.41) is 3.41. The fraction of sp³-hybridized carbons (Fsp3) is 0.600. The lowest BCUT2D eigenvalue weighted by Crippen LogP contribution is -2.34. The highest BCUT2D eigenvalue weighted by atomic mass is 79.9. The average molecular weight is 329 g/mol. The van der Waals surface area contributed by atoms with Crippen LogP contribution in [0, 0.1) is 5.82 Å². The second kappa shape index (κ2) is 6.82. The molecular weight excluding hydrogens is 307 g/mol. The SMILES string of the molecule is CCN(CCNC(C)c1cc(Br)ccc1F)C1CC1. The van der Waals surface area contributed by atoms with E-state index in [1.54, 1.807) is 6.07 Å². The molecule has 2 rings (SSSR count). The van der Waals surface area contributed by atoms with Crippen LogP contribution in [0.15, 0.2) is 22.7 Å². The minimum absolute atomic E-state index is 0.0374. The van der Waals surface area contributed by atoms with Gasteiger partial charge in [-0.25, -0.2) is 4.39 Å². The molecule has 1 aliphatic rings. The number of hydrogen-bond acceptors (Lipinski definition) is 2. The maximum Gasteiger partial charge on any atom is 0.128 e. The van der Waals surface area contributed by atoms with Crippen molar-refractivity contribution < 1.29 is 4.39 Å². The van der Waals surface area contributed by atoms with Crippen molar-refractivity contribution in [2.24, 2.45) is 0 Å². The van der Waals surface area contributed by atoms with Crippen molar-refractivity contribution in [1.82, 2.24) is 10.2 Å². The summed E-state index contributed by atoms with van der Waals surface area (Å²) in [7, 11) is 0. The van der Waals surface area contributed by atoms with Crippen LogP contribution >= 0.6 is 15.9 Å². The Kier molecular flexibility index (Phi) is 5.37. The molecule has 0 amide bonds. The van der Waals surface area contributed by atoms with E-state index in [0.717, 1.165) is 35.7 Å². The Morgan fingerprint density at radius 2 is 2.21 bits per heavy atom. The smallest absolute Gasteiger partial charge is 0.128 e. The lowest BCUT2D eigenvalue weighted by molar-refractivity contribution is 0.273. The van der Waals surface area contributed by atoms with Crippen LogP contribution in [0.4, 0.5) is 4.39 Å². The van der Waals surface area contributed by atoms with Gasteiger partial charge in [0.25, 0.3) is 0 Å². The van der Waals surface area contributed by atoms with E-state index in [4.69, 9.17) is 0 Å². The molecular formula is C15H22BrFN2. The summed E-state index contributed by atoms with van der Waals surface area (Å²) >= 11 is 3.39. The fourth-order valence-electron chi connectivity index (χ4n) is 2.42. The van der Waals surface area contributed by atoms with E-state index >= 15 is 0 Å². The normalized spacial score (nSPS) is 16.9. The monoisotopic (exact) mass is 328 g/mol. The van der Waals surface area contributed by atoms with Gasteiger partial charge >= 0.3 is 0 Å². The van der Waals surface area contributed by atoms with Gasteiger partial charge in [-0.3, -0.25) is 4.90 Å². The van der Waals surface area contributed by atoms with Gasteiger partial charge in [0.2, 0.25) is 0 Å². The second-order valence-electron chi connectivity index (χ2n) is 5.20. The molecule has 0 aromatic heterocycles. The predicted molar refractivity (Wildman–Crippen MR) is 80.8 cm³/mol. The van der Waals surface area contributed by atoms with E-state index in [0.29, 0.717) is 0 Å². The maximum atomic E-state index is 13.7.